The van der Waals surface area contributed by atoms with Crippen molar-refractivity contribution < 1.29 is 22.8 Å². The molecule has 7 nitrogen and oxygen atoms in total. The van der Waals surface area contributed by atoms with Gasteiger partial charge in [-0.3, -0.25) is 19.7 Å². The van der Waals surface area contributed by atoms with Gasteiger partial charge in [-0.1, -0.05) is 12.8 Å². The molecule has 22 heavy (non-hydrogen) atoms. The first-order valence-electron chi connectivity index (χ1n) is 7.75. The van der Waals surface area contributed by atoms with E-state index >= 15 is 0 Å². The van der Waals surface area contributed by atoms with Crippen LogP contribution in [0.25, 0.3) is 0 Å². The lowest BCUT2D eigenvalue weighted by Gasteiger charge is -2.27. The maximum atomic E-state index is 12.5. The summed E-state index contributed by atoms with van der Waals surface area (Å²) in [5, 5.41) is 1.75. The van der Waals surface area contributed by atoms with Gasteiger partial charge < -0.3 is 4.90 Å². The SMILES string of the molecule is O=C1CC(N(C(=O)CS(=O)(=O)C2CCCC2)C2CC2)C(=O)N1. The first kappa shape index (κ1) is 15.5. The van der Waals surface area contributed by atoms with Crippen LogP contribution in [0.4, 0.5) is 0 Å². The van der Waals surface area contributed by atoms with E-state index in [-0.39, 0.29) is 12.5 Å². The van der Waals surface area contributed by atoms with E-state index in [1.54, 1.807) is 0 Å². The maximum Gasteiger partial charge on any atom is 0.249 e. The predicted molar refractivity (Wildman–Crippen MR) is 77.5 cm³/mol. The van der Waals surface area contributed by atoms with Gasteiger partial charge in [0.25, 0.3) is 0 Å². The smallest absolute Gasteiger partial charge is 0.249 e. The number of carbonyl (C=O) groups excluding carboxylic acids is 3. The molecule has 1 N–H and O–H groups in total. The molecule has 3 rings (SSSR count). The Morgan fingerprint density at radius 1 is 1.14 bits per heavy atom. The molecule has 3 fully saturated rings. The monoisotopic (exact) mass is 328 g/mol. The molecule has 1 heterocycles. The van der Waals surface area contributed by atoms with Crippen molar-refractivity contribution in [2.75, 3.05) is 5.75 Å². The van der Waals surface area contributed by atoms with E-state index in [1.807, 2.05) is 0 Å². The van der Waals surface area contributed by atoms with Crippen LogP contribution in [0.1, 0.15) is 44.9 Å². The molecule has 1 aliphatic heterocycles. The molecule has 0 radical (unpaired) electrons. The van der Waals surface area contributed by atoms with Crippen molar-refractivity contribution in [2.24, 2.45) is 0 Å². The van der Waals surface area contributed by atoms with Crippen molar-refractivity contribution in [1.82, 2.24) is 10.2 Å². The van der Waals surface area contributed by atoms with E-state index in [0.717, 1.165) is 25.7 Å². The zero-order valence-corrected chi connectivity index (χ0v) is 13.1. The van der Waals surface area contributed by atoms with Gasteiger partial charge in [0.15, 0.2) is 9.84 Å². The molecule has 3 amide bonds. The summed E-state index contributed by atoms with van der Waals surface area (Å²) in [6.07, 6.45) is 4.43. The molecule has 0 spiro atoms. The predicted octanol–water partition coefficient (Wildman–Crippen LogP) is -0.250. The fourth-order valence-electron chi connectivity index (χ4n) is 3.36. The van der Waals surface area contributed by atoms with E-state index in [4.69, 9.17) is 0 Å². The fraction of sp³-hybridized carbons (Fsp3) is 0.786. The number of rotatable bonds is 5. The zero-order chi connectivity index (χ0) is 15.9. The van der Waals surface area contributed by atoms with Gasteiger partial charge in [0.2, 0.25) is 17.7 Å². The summed E-state index contributed by atoms with van der Waals surface area (Å²) in [5.74, 6) is -1.99. The van der Waals surface area contributed by atoms with Crippen molar-refractivity contribution in [1.29, 1.82) is 0 Å². The molecule has 1 saturated heterocycles. The lowest BCUT2D eigenvalue weighted by atomic mass is 10.2. The second-order valence-corrected chi connectivity index (χ2v) is 8.66. The van der Waals surface area contributed by atoms with Crippen LogP contribution >= 0.6 is 0 Å². The first-order chi connectivity index (χ1) is 10.4. The maximum absolute atomic E-state index is 12.5. The van der Waals surface area contributed by atoms with Crippen LogP contribution in [0.3, 0.4) is 0 Å². The van der Waals surface area contributed by atoms with E-state index in [2.05, 4.69) is 5.32 Å². The lowest BCUT2D eigenvalue weighted by Crippen LogP contribution is -2.48. The third kappa shape index (κ3) is 3.02. The van der Waals surface area contributed by atoms with Crippen LogP contribution in [0.2, 0.25) is 0 Å². The second kappa shape index (κ2) is 5.64. The number of nitrogens with zero attached hydrogens (tertiary/aromatic N) is 1. The lowest BCUT2D eigenvalue weighted by molar-refractivity contribution is -0.137. The average molecular weight is 328 g/mol. The summed E-state index contributed by atoms with van der Waals surface area (Å²) >= 11 is 0. The minimum Gasteiger partial charge on any atom is -0.326 e. The topological polar surface area (TPSA) is 101 Å². The second-order valence-electron chi connectivity index (χ2n) is 6.38. The number of hydrogen-bond donors (Lipinski definition) is 1. The Bertz CT molecular complexity index is 605. The minimum absolute atomic E-state index is 0.0649. The van der Waals surface area contributed by atoms with Gasteiger partial charge in [0, 0.05) is 6.04 Å². The van der Waals surface area contributed by atoms with E-state index in [0.29, 0.717) is 12.8 Å². The number of carbonyl (C=O) groups is 3. The molecule has 1 unspecified atom stereocenters. The van der Waals surface area contributed by atoms with Crippen LogP contribution in [0, 0.1) is 0 Å². The highest BCUT2D eigenvalue weighted by Gasteiger charge is 2.46. The van der Waals surface area contributed by atoms with Crippen LogP contribution < -0.4 is 5.32 Å². The Labute approximate surface area is 129 Å². The Balaban J connectivity index is 1.73. The molecule has 122 valence electrons. The molecule has 1 atom stereocenters. The Morgan fingerprint density at radius 3 is 2.27 bits per heavy atom. The van der Waals surface area contributed by atoms with E-state index in [1.165, 1.54) is 4.90 Å². The van der Waals surface area contributed by atoms with Crippen molar-refractivity contribution in [2.45, 2.75) is 62.3 Å². The normalized spacial score (nSPS) is 26.3. The van der Waals surface area contributed by atoms with Gasteiger partial charge in [0.1, 0.15) is 11.8 Å². The molecule has 2 aliphatic carbocycles. The summed E-state index contributed by atoms with van der Waals surface area (Å²) in [6.45, 7) is 0. The Hall–Kier alpha value is -1.44. The number of nitrogens with one attached hydrogen (secondary N) is 1. The molecule has 0 bridgehead atoms. The largest absolute Gasteiger partial charge is 0.326 e. The van der Waals surface area contributed by atoms with Crippen molar-refractivity contribution in [3.05, 3.63) is 0 Å². The van der Waals surface area contributed by atoms with Crippen molar-refractivity contribution >= 4 is 27.6 Å². The molecule has 8 heteroatoms. The molecular formula is C14H20N2O5S. The third-order valence-electron chi connectivity index (χ3n) is 4.64. The minimum atomic E-state index is -3.48. The molecule has 0 aromatic heterocycles. The van der Waals surface area contributed by atoms with Gasteiger partial charge >= 0.3 is 0 Å². The molecule has 3 aliphatic rings. The van der Waals surface area contributed by atoms with Gasteiger partial charge in [-0.2, -0.15) is 0 Å². The quantitative estimate of drug-likeness (QED) is 0.701. The number of hydrogen-bond acceptors (Lipinski definition) is 5. The standard InChI is InChI=1S/C14H20N2O5S/c17-12-7-11(14(19)15-12)16(9-5-6-9)13(18)8-22(20,21)10-3-1-2-4-10/h9-11H,1-8H2,(H,15,17,19). The molecular weight excluding hydrogens is 308 g/mol. The molecule has 0 aromatic carbocycles. The Kier molecular flexibility index (Phi) is 3.96. The zero-order valence-electron chi connectivity index (χ0n) is 12.3. The summed E-state index contributed by atoms with van der Waals surface area (Å²) in [5.41, 5.74) is 0. The highest BCUT2D eigenvalue weighted by Crippen LogP contribution is 2.32. The Morgan fingerprint density at radius 2 is 1.77 bits per heavy atom. The van der Waals surface area contributed by atoms with E-state index in [9.17, 15) is 22.8 Å². The number of sulfone groups is 1. The van der Waals surface area contributed by atoms with Crippen LogP contribution in [-0.2, 0) is 24.2 Å². The summed E-state index contributed by atoms with van der Waals surface area (Å²) in [6, 6.07) is -0.945. The number of amides is 3. The van der Waals surface area contributed by atoms with Crippen LogP contribution in [0.5, 0.6) is 0 Å². The molecule has 2 saturated carbocycles. The van der Waals surface area contributed by atoms with E-state index < -0.39 is 44.6 Å². The first-order valence-corrected chi connectivity index (χ1v) is 9.46. The highest BCUT2D eigenvalue weighted by atomic mass is 32.2. The fourth-order valence-corrected chi connectivity index (χ4v) is 5.14. The van der Waals surface area contributed by atoms with Crippen LogP contribution in [-0.4, -0.2) is 54.1 Å². The summed E-state index contributed by atoms with van der Waals surface area (Å²) in [4.78, 5) is 37.0. The van der Waals surface area contributed by atoms with Gasteiger partial charge in [-0.25, -0.2) is 8.42 Å². The third-order valence-corrected chi connectivity index (χ3v) is 6.78. The average Bonchev–Trinajstić information content (AvgIpc) is 2.97. The van der Waals surface area contributed by atoms with Gasteiger partial charge in [0.05, 0.1) is 11.7 Å². The highest BCUT2D eigenvalue weighted by molar-refractivity contribution is 7.92. The van der Waals surface area contributed by atoms with Gasteiger partial charge in [-0.15, -0.1) is 0 Å². The summed E-state index contributed by atoms with van der Waals surface area (Å²) < 4.78 is 24.7. The van der Waals surface area contributed by atoms with Crippen molar-refractivity contribution in [3.8, 4) is 0 Å². The van der Waals surface area contributed by atoms with Crippen LogP contribution in [0.15, 0.2) is 0 Å². The summed E-state index contributed by atoms with van der Waals surface area (Å²) in [7, 11) is -3.48. The number of imide groups is 1. The van der Waals surface area contributed by atoms with Gasteiger partial charge in [-0.05, 0) is 25.7 Å². The van der Waals surface area contributed by atoms with Crippen molar-refractivity contribution in [3.63, 3.8) is 0 Å². The molecule has 0 aromatic rings.